The Morgan fingerprint density at radius 2 is 2.15 bits per heavy atom. The highest BCUT2D eigenvalue weighted by atomic mass is 16.5. The fourth-order valence-electron chi connectivity index (χ4n) is 1.20. The number of aldehydes is 1. The molecule has 0 fully saturated rings. The molecule has 0 aliphatic carbocycles. The molecule has 1 aromatic carbocycles. The summed E-state index contributed by atoms with van der Waals surface area (Å²) in [5.41, 5.74) is 0.923. The Balaban J connectivity index is 2.24. The molecule has 2 rings (SSSR count). The lowest BCUT2D eigenvalue weighted by atomic mass is 10.2. The topological polar surface area (TPSA) is 38.7 Å². The van der Waals surface area contributed by atoms with E-state index in [-0.39, 0.29) is 6.04 Å². The number of benzene rings is 1. The fraction of sp³-hybridized carbons (Fsp3) is 0.200. The quantitative estimate of drug-likeness (QED) is 0.630. The molecule has 1 aliphatic heterocycles. The molecule has 0 bridgehead atoms. The van der Waals surface area contributed by atoms with Crippen molar-refractivity contribution >= 4 is 12.2 Å². The number of ether oxygens (including phenoxy) is 1. The maximum Gasteiger partial charge on any atom is 0.216 e. The first-order valence-electron chi connectivity index (χ1n) is 4.11. The van der Waals surface area contributed by atoms with Crippen LogP contribution in [0.4, 0.5) is 0 Å². The van der Waals surface area contributed by atoms with Gasteiger partial charge in [0.1, 0.15) is 18.9 Å². The van der Waals surface area contributed by atoms with E-state index in [4.69, 9.17) is 4.74 Å². The third-order valence-electron chi connectivity index (χ3n) is 1.85. The number of nitrogens with zero attached hydrogens (tertiary/aromatic N) is 1. The van der Waals surface area contributed by atoms with Crippen LogP contribution in [-0.4, -0.2) is 24.8 Å². The van der Waals surface area contributed by atoms with Gasteiger partial charge in [0, 0.05) is 5.56 Å². The van der Waals surface area contributed by atoms with Crippen LogP contribution in [-0.2, 0) is 9.53 Å². The number of hydrogen-bond donors (Lipinski definition) is 0. The van der Waals surface area contributed by atoms with Crippen molar-refractivity contribution in [1.29, 1.82) is 0 Å². The molecule has 1 aliphatic rings. The molecule has 1 atom stereocenters. The Bertz CT molecular complexity index is 332. The molecule has 0 aromatic heterocycles. The second kappa shape index (κ2) is 3.39. The van der Waals surface area contributed by atoms with E-state index in [1.165, 1.54) is 0 Å². The molecule has 13 heavy (non-hydrogen) atoms. The third-order valence-corrected chi connectivity index (χ3v) is 1.85. The standard InChI is InChI=1S/C10H9NO2/c12-6-9-7-13-10(11-9)8-4-2-1-3-5-8/h1-6,9H,7H2/t9-/m0/s1. The van der Waals surface area contributed by atoms with Crippen molar-refractivity contribution in [2.45, 2.75) is 6.04 Å². The molecule has 3 nitrogen and oxygen atoms in total. The maximum absolute atomic E-state index is 10.4. The summed E-state index contributed by atoms with van der Waals surface area (Å²) < 4.78 is 5.26. The van der Waals surface area contributed by atoms with E-state index in [1.807, 2.05) is 30.3 Å². The highest BCUT2D eigenvalue weighted by Gasteiger charge is 2.18. The van der Waals surface area contributed by atoms with Crippen molar-refractivity contribution in [2.24, 2.45) is 4.99 Å². The number of carbonyl (C=O) groups is 1. The summed E-state index contributed by atoms with van der Waals surface area (Å²) in [7, 11) is 0. The first kappa shape index (κ1) is 7.98. The van der Waals surface area contributed by atoms with E-state index in [0.29, 0.717) is 12.5 Å². The van der Waals surface area contributed by atoms with Gasteiger partial charge >= 0.3 is 0 Å². The zero-order chi connectivity index (χ0) is 9.10. The number of carbonyl (C=O) groups excluding carboxylic acids is 1. The number of rotatable bonds is 2. The lowest BCUT2D eigenvalue weighted by Crippen LogP contribution is -2.06. The molecule has 0 amide bonds. The molecule has 0 saturated carbocycles. The predicted molar refractivity (Wildman–Crippen MR) is 48.8 cm³/mol. The first-order chi connectivity index (χ1) is 6.40. The molecule has 1 aromatic rings. The predicted octanol–water partition coefficient (Wildman–Crippen LogP) is 1.03. The zero-order valence-corrected chi connectivity index (χ0v) is 7.01. The summed E-state index contributed by atoms with van der Waals surface area (Å²) in [5, 5.41) is 0. The lowest BCUT2D eigenvalue weighted by Gasteiger charge is -1.98. The highest BCUT2D eigenvalue weighted by molar-refractivity contribution is 5.96. The van der Waals surface area contributed by atoms with Crippen LogP contribution in [0.5, 0.6) is 0 Å². The van der Waals surface area contributed by atoms with Crippen LogP contribution < -0.4 is 0 Å². The second-order valence-electron chi connectivity index (χ2n) is 2.81. The molecule has 66 valence electrons. The van der Waals surface area contributed by atoms with Gasteiger partial charge in [-0.2, -0.15) is 0 Å². The Kier molecular flexibility index (Phi) is 2.08. The van der Waals surface area contributed by atoms with E-state index in [2.05, 4.69) is 4.99 Å². The van der Waals surface area contributed by atoms with Gasteiger partial charge in [-0.25, -0.2) is 4.99 Å². The van der Waals surface area contributed by atoms with Crippen molar-refractivity contribution in [3.05, 3.63) is 35.9 Å². The summed E-state index contributed by atoms with van der Waals surface area (Å²) in [6.07, 6.45) is 0.802. The van der Waals surface area contributed by atoms with Gasteiger partial charge in [-0.1, -0.05) is 18.2 Å². The summed E-state index contributed by atoms with van der Waals surface area (Å²) >= 11 is 0. The normalized spacial score (nSPS) is 20.6. The molecule has 1 heterocycles. The molecule has 0 radical (unpaired) electrons. The van der Waals surface area contributed by atoms with Gasteiger partial charge in [-0.15, -0.1) is 0 Å². The van der Waals surface area contributed by atoms with E-state index < -0.39 is 0 Å². The van der Waals surface area contributed by atoms with Gasteiger partial charge in [0.05, 0.1) is 0 Å². The summed E-state index contributed by atoms with van der Waals surface area (Å²) in [6.45, 7) is 0.369. The van der Waals surface area contributed by atoms with Crippen LogP contribution in [0.3, 0.4) is 0 Å². The smallest absolute Gasteiger partial charge is 0.216 e. The minimum Gasteiger partial charge on any atom is -0.475 e. The number of hydrogen-bond acceptors (Lipinski definition) is 3. The van der Waals surface area contributed by atoms with Crippen molar-refractivity contribution in [2.75, 3.05) is 6.61 Å². The van der Waals surface area contributed by atoms with Gasteiger partial charge in [-0.05, 0) is 12.1 Å². The van der Waals surface area contributed by atoms with Gasteiger partial charge in [-0.3, -0.25) is 0 Å². The van der Waals surface area contributed by atoms with Gasteiger partial charge < -0.3 is 9.53 Å². The van der Waals surface area contributed by atoms with Crippen LogP contribution in [0, 0.1) is 0 Å². The third kappa shape index (κ3) is 1.59. The van der Waals surface area contributed by atoms with Crippen LogP contribution in [0.25, 0.3) is 0 Å². The average molecular weight is 175 g/mol. The Hall–Kier alpha value is -1.64. The maximum atomic E-state index is 10.4. The van der Waals surface area contributed by atoms with E-state index >= 15 is 0 Å². The van der Waals surface area contributed by atoms with Crippen molar-refractivity contribution in [3.8, 4) is 0 Å². The zero-order valence-electron chi connectivity index (χ0n) is 7.01. The SMILES string of the molecule is O=C[C@H]1COC(c2ccccc2)=N1. The van der Waals surface area contributed by atoms with E-state index in [0.717, 1.165) is 11.8 Å². The molecule has 0 saturated heterocycles. The Labute approximate surface area is 76.1 Å². The van der Waals surface area contributed by atoms with Crippen LogP contribution in [0.2, 0.25) is 0 Å². The van der Waals surface area contributed by atoms with E-state index in [1.54, 1.807) is 0 Å². The van der Waals surface area contributed by atoms with Gasteiger partial charge in [0.25, 0.3) is 0 Å². The van der Waals surface area contributed by atoms with Gasteiger partial charge in [0.2, 0.25) is 5.90 Å². The van der Waals surface area contributed by atoms with Crippen LogP contribution in [0.15, 0.2) is 35.3 Å². The van der Waals surface area contributed by atoms with Crippen molar-refractivity contribution in [1.82, 2.24) is 0 Å². The number of aliphatic imine (C=N–C) groups is 1. The van der Waals surface area contributed by atoms with Crippen molar-refractivity contribution < 1.29 is 9.53 Å². The highest BCUT2D eigenvalue weighted by Crippen LogP contribution is 2.10. The largest absolute Gasteiger partial charge is 0.475 e. The average Bonchev–Trinajstić information content (AvgIpc) is 2.67. The summed E-state index contributed by atoms with van der Waals surface area (Å²) in [6, 6.07) is 9.24. The molecular formula is C10H9NO2. The summed E-state index contributed by atoms with van der Waals surface area (Å²) in [4.78, 5) is 14.5. The molecule has 0 N–H and O–H groups in total. The fourth-order valence-corrected chi connectivity index (χ4v) is 1.20. The van der Waals surface area contributed by atoms with Gasteiger partial charge in [0.15, 0.2) is 0 Å². The second-order valence-corrected chi connectivity index (χ2v) is 2.81. The van der Waals surface area contributed by atoms with Crippen molar-refractivity contribution in [3.63, 3.8) is 0 Å². The molecule has 3 heteroatoms. The minimum atomic E-state index is -0.324. The Morgan fingerprint density at radius 1 is 1.38 bits per heavy atom. The van der Waals surface area contributed by atoms with Crippen LogP contribution in [0.1, 0.15) is 5.56 Å². The molecule has 0 spiro atoms. The monoisotopic (exact) mass is 175 g/mol. The Morgan fingerprint density at radius 3 is 2.77 bits per heavy atom. The molecule has 0 unspecified atom stereocenters. The summed E-state index contributed by atoms with van der Waals surface area (Å²) in [5.74, 6) is 0.567. The van der Waals surface area contributed by atoms with Crippen LogP contribution >= 0.6 is 0 Å². The van der Waals surface area contributed by atoms with E-state index in [9.17, 15) is 4.79 Å². The lowest BCUT2D eigenvalue weighted by molar-refractivity contribution is -0.109. The first-order valence-corrected chi connectivity index (χ1v) is 4.11. The minimum absolute atomic E-state index is 0.324. The molecular weight excluding hydrogens is 166 g/mol.